The molecule has 0 aliphatic heterocycles. The topological polar surface area (TPSA) is 30.7 Å². The van der Waals surface area contributed by atoms with Crippen LogP contribution in [0.25, 0.3) is 0 Å². The van der Waals surface area contributed by atoms with Crippen LogP contribution in [-0.4, -0.2) is 15.0 Å². The van der Waals surface area contributed by atoms with Gasteiger partial charge in [0.15, 0.2) is 0 Å². The predicted molar refractivity (Wildman–Crippen MR) is 53.6 cm³/mol. The van der Waals surface area contributed by atoms with Crippen LogP contribution in [0.5, 0.6) is 0 Å². The molecule has 0 aromatic carbocycles. The fourth-order valence-corrected chi connectivity index (χ4v) is 1.19. The molecule has 74 valence electrons. The minimum Gasteiger partial charge on any atom is -0.250 e. The third-order valence-electron chi connectivity index (χ3n) is 1.80. The second-order valence-corrected chi connectivity index (χ2v) is 5.02. The van der Waals surface area contributed by atoms with E-state index in [1.807, 2.05) is 10.9 Å². The molecule has 3 heteroatoms. The second-order valence-electron chi connectivity index (χ2n) is 5.02. The highest BCUT2D eigenvalue weighted by molar-refractivity contribution is 4.96. The Morgan fingerprint density at radius 2 is 2.00 bits per heavy atom. The van der Waals surface area contributed by atoms with Crippen molar-refractivity contribution in [2.45, 2.75) is 47.1 Å². The van der Waals surface area contributed by atoms with E-state index in [0.29, 0.717) is 6.04 Å². The minimum absolute atomic E-state index is 0.290. The van der Waals surface area contributed by atoms with E-state index < -0.39 is 0 Å². The Bertz CT molecular complexity index is 268. The molecule has 0 spiro atoms. The van der Waals surface area contributed by atoms with Crippen LogP contribution in [0.2, 0.25) is 0 Å². The van der Waals surface area contributed by atoms with Gasteiger partial charge in [0.05, 0.1) is 5.69 Å². The van der Waals surface area contributed by atoms with Gasteiger partial charge in [0.2, 0.25) is 0 Å². The third kappa shape index (κ3) is 3.17. The monoisotopic (exact) mass is 181 g/mol. The van der Waals surface area contributed by atoms with Gasteiger partial charge in [-0.15, -0.1) is 5.10 Å². The molecule has 0 fully saturated rings. The van der Waals surface area contributed by atoms with Gasteiger partial charge in [-0.05, 0) is 25.7 Å². The van der Waals surface area contributed by atoms with Gasteiger partial charge in [-0.2, -0.15) is 0 Å². The zero-order valence-corrected chi connectivity index (χ0v) is 9.20. The van der Waals surface area contributed by atoms with Crippen LogP contribution in [0.1, 0.15) is 46.4 Å². The lowest BCUT2D eigenvalue weighted by molar-refractivity contribution is 0.406. The van der Waals surface area contributed by atoms with Crippen LogP contribution in [0.15, 0.2) is 6.20 Å². The molecule has 13 heavy (non-hydrogen) atoms. The van der Waals surface area contributed by atoms with Gasteiger partial charge in [0.1, 0.15) is 0 Å². The van der Waals surface area contributed by atoms with Gasteiger partial charge >= 0.3 is 0 Å². The molecular weight excluding hydrogens is 162 g/mol. The summed E-state index contributed by atoms with van der Waals surface area (Å²) >= 11 is 0. The maximum absolute atomic E-state index is 4.14. The SMILES string of the molecule is CC(C)n1cc(CC(C)(C)C)nn1. The third-order valence-corrected chi connectivity index (χ3v) is 1.80. The number of rotatable bonds is 2. The average molecular weight is 181 g/mol. The molecular formula is C10H19N3. The van der Waals surface area contributed by atoms with E-state index in [4.69, 9.17) is 0 Å². The summed E-state index contributed by atoms with van der Waals surface area (Å²) in [4.78, 5) is 0. The van der Waals surface area contributed by atoms with Gasteiger partial charge in [-0.1, -0.05) is 26.0 Å². The van der Waals surface area contributed by atoms with Crippen molar-refractivity contribution in [3.63, 3.8) is 0 Å². The Morgan fingerprint density at radius 3 is 2.38 bits per heavy atom. The highest BCUT2D eigenvalue weighted by Gasteiger charge is 2.14. The summed E-state index contributed by atoms with van der Waals surface area (Å²) in [7, 11) is 0. The molecule has 0 radical (unpaired) electrons. The van der Waals surface area contributed by atoms with E-state index in [0.717, 1.165) is 12.1 Å². The van der Waals surface area contributed by atoms with Crippen molar-refractivity contribution in [1.29, 1.82) is 0 Å². The molecule has 0 unspecified atom stereocenters. The zero-order valence-electron chi connectivity index (χ0n) is 9.20. The van der Waals surface area contributed by atoms with Gasteiger partial charge in [0, 0.05) is 12.2 Å². The first-order chi connectivity index (χ1) is 5.88. The van der Waals surface area contributed by atoms with Gasteiger partial charge < -0.3 is 0 Å². The van der Waals surface area contributed by atoms with Crippen molar-refractivity contribution in [1.82, 2.24) is 15.0 Å². The van der Waals surface area contributed by atoms with Crippen molar-refractivity contribution >= 4 is 0 Å². The summed E-state index contributed by atoms with van der Waals surface area (Å²) in [6.45, 7) is 10.8. The molecule has 0 aliphatic carbocycles. The molecule has 0 atom stereocenters. The summed E-state index contributed by atoms with van der Waals surface area (Å²) in [5.74, 6) is 0. The fraction of sp³-hybridized carbons (Fsp3) is 0.800. The zero-order chi connectivity index (χ0) is 10.1. The molecule has 1 aromatic rings. The van der Waals surface area contributed by atoms with E-state index in [2.05, 4.69) is 44.9 Å². The van der Waals surface area contributed by atoms with Crippen LogP contribution in [-0.2, 0) is 6.42 Å². The van der Waals surface area contributed by atoms with Crippen LogP contribution < -0.4 is 0 Å². The second kappa shape index (κ2) is 3.48. The Balaban J connectivity index is 2.70. The quantitative estimate of drug-likeness (QED) is 0.701. The summed E-state index contributed by atoms with van der Waals surface area (Å²) in [6, 6.07) is 0.404. The minimum atomic E-state index is 0.290. The van der Waals surface area contributed by atoms with Gasteiger partial charge in [0.25, 0.3) is 0 Å². The van der Waals surface area contributed by atoms with Crippen molar-refractivity contribution < 1.29 is 0 Å². The smallest absolute Gasteiger partial charge is 0.0832 e. The Morgan fingerprint density at radius 1 is 1.38 bits per heavy atom. The molecule has 0 N–H and O–H groups in total. The van der Waals surface area contributed by atoms with E-state index >= 15 is 0 Å². The Labute approximate surface area is 80.1 Å². The number of nitrogens with zero attached hydrogens (tertiary/aromatic N) is 3. The van der Waals surface area contributed by atoms with Crippen LogP contribution in [0, 0.1) is 5.41 Å². The van der Waals surface area contributed by atoms with Crippen molar-refractivity contribution in [2.24, 2.45) is 5.41 Å². The lowest BCUT2D eigenvalue weighted by Gasteiger charge is -2.15. The molecule has 0 amide bonds. The fourth-order valence-electron chi connectivity index (χ4n) is 1.19. The summed E-state index contributed by atoms with van der Waals surface area (Å²) in [6.07, 6.45) is 3.02. The molecule has 1 heterocycles. The van der Waals surface area contributed by atoms with Gasteiger partial charge in [-0.25, -0.2) is 4.68 Å². The van der Waals surface area contributed by atoms with Crippen molar-refractivity contribution in [2.75, 3.05) is 0 Å². The first-order valence-electron chi connectivity index (χ1n) is 4.79. The highest BCUT2D eigenvalue weighted by Crippen LogP contribution is 2.19. The molecule has 1 aromatic heterocycles. The molecule has 1 rings (SSSR count). The predicted octanol–water partition coefficient (Wildman–Crippen LogP) is 2.45. The van der Waals surface area contributed by atoms with Crippen molar-refractivity contribution in [3.8, 4) is 0 Å². The molecule has 0 saturated carbocycles. The van der Waals surface area contributed by atoms with Crippen LogP contribution in [0.4, 0.5) is 0 Å². The molecule has 0 saturated heterocycles. The number of hydrogen-bond donors (Lipinski definition) is 0. The van der Waals surface area contributed by atoms with Crippen molar-refractivity contribution in [3.05, 3.63) is 11.9 Å². The summed E-state index contributed by atoms with van der Waals surface area (Å²) in [5.41, 5.74) is 1.37. The van der Waals surface area contributed by atoms with E-state index in [1.165, 1.54) is 0 Å². The average Bonchev–Trinajstić information content (AvgIpc) is 2.31. The first-order valence-corrected chi connectivity index (χ1v) is 4.79. The Kier molecular flexibility index (Phi) is 2.74. The normalized spacial score (nSPS) is 12.5. The maximum Gasteiger partial charge on any atom is 0.0832 e. The van der Waals surface area contributed by atoms with E-state index in [9.17, 15) is 0 Å². The van der Waals surface area contributed by atoms with E-state index in [-0.39, 0.29) is 5.41 Å². The van der Waals surface area contributed by atoms with E-state index in [1.54, 1.807) is 0 Å². The lowest BCUT2D eigenvalue weighted by Crippen LogP contribution is -2.09. The van der Waals surface area contributed by atoms with Crippen LogP contribution >= 0.6 is 0 Å². The summed E-state index contributed by atoms with van der Waals surface area (Å²) < 4.78 is 1.90. The maximum atomic E-state index is 4.14. The van der Waals surface area contributed by atoms with Gasteiger partial charge in [-0.3, -0.25) is 0 Å². The highest BCUT2D eigenvalue weighted by atomic mass is 15.4. The first kappa shape index (κ1) is 10.2. The molecule has 3 nitrogen and oxygen atoms in total. The number of hydrogen-bond acceptors (Lipinski definition) is 2. The molecule has 0 aliphatic rings. The largest absolute Gasteiger partial charge is 0.250 e. The lowest BCUT2D eigenvalue weighted by atomic mass is 9.91. The van der Waals surface area contributed by atoms with Crippen LogP contribution in [0.3, 0.4) is 0 Å². The summed E-state index contributed by atoms with van der Waals surface area (Å²) in [5, 5.41) is 8.20. The Hall–Kier alpha value is -0.860. The number of aromatic nitrogens is 3. The standard InChI is InChI=1S/C10H19N3/c1-8(2)13-7-9(11-12-13)6-10(3,4)5/h7-8H,6H2,1-5H3. The molecule has 0 bridgehead atoms.